The van der Waals surface area contributed by atoms with Crippen LogP contribution < -0.4 is 10.4 Å². The monoisotopic (exact) mass is 981 g/mol. The van der Waals surface area contributed by atoms with Crippen molar-refractivity contribution in [3.8, 4) is 0 Å². The van der Waals surface area contributed by atoms with Crippen LogP contribution in [0, 0.1) is 23.7 Å². The zero-order chi connectivity index (χ0) is 50.6. The van der Waals surface area contributed by atoms with Crippen molar-refractivity contribution in [3.05, 3.63) is 96.6 Å². The summed E-state index contributed by atoms with van der Waals surface area (Å²) in [5, 5.41) is 14.3. The first-order valence-electron chi connectivity index (χ1n) is 24.6. The number of ether oxygens (including phenoxy) is 4. The van der Waals surface area contributed by atoms with E-state index in [4.69, 9.17) is 32.2 Å². The molecule has 0 aromatic heterocycles. The fraction of sp³-hybridized carbons (Fsp3) is 0.655. The van der Waals surface area contributed by atoms with Crippen LogP contribution in [-0.2, 0) is 43.6 Å². The molecule has 0 aliphatic carbocycles. The first-order chi connectivity index (χ1) is 31.0. The first kappa shape index (κ1) is 59.0. The fourth-order valence-corrected chi connectivity index (χ4v) is 16.4. The van der Waals surface area contributed by atoms with Gasteiger partial charge in [-0.25, -0.2) is 0 Å². The molecule has 1 N–H and O–H groups in total. The van der Waals surface area contributed by atoms with Crippen molar-refractivity contribution in [2.75, 3.05) is 34.2 Å². The van der Waals surface area contributed by atoms with Gasteiger partial charge in [-0.15, -0.1) is 0 Å². The third kappa shape index (κ3) is 15.1. The largest absolute Gasteiger partial charge is 0.413 e. The number of methoxy groups -OCH3 is 2. The van der Waals surface area contributed by atoms with Crippen LogP contribution in [-0.4, -0.2) is 94.2 Å². The van der Waals surface area contributed by atoms with E-state index in [0.29, 0.717) is 26.2 Å². The molecular weight excluding hydrogens is 889 g/mol. The van der Waals surface area contributed by atoms with E-state index in [2.05, 4.69) is 163 Å². The molecule has 0 saturated carbocycles. The Morgan fingerprint density at radius 1 is 0.657 bits per heavy atom. The standard InChI is InChI=1S/C55H92O9Si3/c1-41(38-62-67(54(11,12)13,46-31-25-21-26-32-46)47-33-27-22-28-34-47)50(63-65(16,17)52(5,6)7)43(3)51(61-40-58-14)42(2)48(56)37-49(57)44(4)55(59-15,64-66(18,19)53(8,9)10)35-36-60-39-45-29-23-20-24-30-45/h20-34,41-44,48,50-51,56H,35-40H2,1-19H3/t41-,42-,43-,44+,48+,50-,51-,55-/m0/s1. The van der Waals surface area contributed by atoms with E-state index in [1.165, 1.54) is 10.4 Å². The van der Waals surface area contributed by atoms with Gasteiger partial charge in [0.1, 0.15) is 12.6 Å². The van der Waals surface area contributed by atoms with Crippen LogP contribution in [0.25, 0.3) is 0 Å². The number of aliphatic hydroxyl groups is 1. The Labute approximate surface area is 410 Å². The van der Waals surface area contributed by atoms with Crippen LogP contribution in [0.1, 0.15) is 108 Å². The van der Waals surface area contributed by atoms with Crippen LogP contribution in [0.5, 0.6) is 0 Å². The molecule has 9 nitrogen and oxygen atoms in total. The Morgan fingerprint density at radius 2 is 1.15 bits per heavy atom. The number of aliphatic hydroxyl groups excluding tert-OH is 1. The predicted molar refractivity (Wildman–Crippen MR) is 283 cm³/mol. The number of hydrogen-bond acceptors (Lipinski definition) is 9. The third-order valence-electron chi connectivity index (χ3n) is 15.2. The minimum Gasteiger partial charge on any atom is -0.413 e. The van der Waals surface area contributed by atoms with Gasteiger partial charge in [-0.2, -0.15) is 0 Å². The Hall–Kier alpha value is -2.34. The van der Waals surface area contributed by atoms with Crippen molar-refractivity contribution >= 4 is 41.1 Å². The molecule has 8 atom stereocenters. The molecule has 3 aromatic rings. The number of hydrogen-bond donors (Lipinski definition) is 1. The highest BCUT2D eigenvalue weighted by atomic mass is 28.4. The fourth-order valence-electron chi connectivity index (χ4n) is 8.76. The van der Waals surface area contributed by atoms with E-state index in [1.807, 2.05) is 44.2 Å². The molecule has 0 heterocycles. The van der Waals surface area contributed by atoms with Gasteiger partial charge in [0.15, 0.2) is 22.4 Å². The summed E-state index contributed by atoms with van der Waals surface area (Å²) in [6.07, 6.45) is -1.67. The summed E-state index contributed by atoms with van der Waals surface area (Å²) in [4.78, 5) is 14.7. The predicted octanol–water partition coefficient (Wildman–Crippen LogP) is 11.8. The summed E-state index contributed by atoms with van der Waals surface area (Å²) in [5.41, 5.74) is 1.06. The Balaban J connectivity index is 2.01. The van der Waals surface area contributed by atoms with Gasteiger partial charge in [0, 0.05) is 51.4 Å². The normalized spacial score (nSPS) is 17.5. The summed E-state index contributed by atoms with van der Waals surface area (Å²) in [7, 11) is -4.52. The SMILES string of the molecule is COCO[C@H]([C@@H](C)[C@@H](O[Si](C)(C)C(C)(C)C)[C@@H](C)CO[Si](c1ccccc1)(c1ccccc1)C(C)(C)C)[C@@H](C)[C@H](O)CC(=O)[C@@H](C)[C@@](CCOCc1ccccc1)(OC)O[Si](C)(C)C(C)(C)C. The van der Waals surface area contributed by atoms with Gasteiger partial charge in [-0.1, -0.05) is 181 Å². The highest BCUT2D eigenvalue weighted by molar-refractivity contribution is 6.99. The van der Waals surface area contributed by atoms with Crippen LogP contribution in [0.4, 0.5) is 0 Å². The third-order valence-corrected chi connectivity index (χ3v) is 29.1. The van der Waals surface area contributed by atoms with Gasteiger partial charge in [-0.3, -0.25) is 4.79 Å². The quantitative estimate of drug-likeness (QED) is 0.0454. The van der Waals surface area contributed by atoms with E-state index >= 15 is 0 Å². The van der Waals surface area contributed by atoms with Crippen molar-refractivity contribution in [1.29, 1.82) is 0 Å². The second kappa shape index (κ2) is 24.7. The zero-order valence-electron chi connectivity index (χ0n) is 45.2. The lowest BCUT2D eigenvalue weighted by atomic mass is 9.80. The minimum absolute atomic E-state index is 0.0201. The summed E-state index contributed by atoms with van der Waals surface area (Å²) < 4.78 is 46.7. The van der Waals surface area contributed by atoms with Crippen molar-refractivity contribution in [3.63, 3.8) is 0 Å². The van der Waals surface area contributed by atoms with Crippen molar-refractivity contribution in [1.82, 2.24) is 0 Å². The number of rotatable bonds is 27. The molecule has 0 aliphatic rings. The van der Waals surface area contributed by atoms with Gasteiger partial charge in [0.05, 0.1) is 37.4 Å². The molecule has 67 heavy (non-hydrogen) atoms. The number of Topliss-reactive ketones (excluding diaryl/α,β-unsaturated/α-hetero) is 1. The van der Waals surface area contributed by atoms with Gasteiger partial charge < -0.3 is 37.3 Å². The Kier molecular flexibility index (Phi) is 21.7. The maximum absolute atomic E-state index is 14.7. The molecule has 0 fully saturated rings. The van der Waals surface area contributed by atoms with E-state index < -0.39 is 54.8 Å². The summed E-state index contributed by atoms with van der Waals surface area (Å²) in [6, 6.07) is 31.5. The molecule has 0 amide bonds. The minimum atomic E-state index is -2.88. The van der Waals surface area contributed by atoms with Gasteiger partial charge in [0.2, 0.25) is 0 Å². The average Bonchev–Trinajstić information content (AvgIpc) is 3.26. The molecular formula is C55H92O9Si3. The van der Waals surface area contributed by atoms with Crippen molar-refractivity contribution in [2.24, 2.45) is 23.7 Å². The second-order valence-corrected chi connectivity index (χ2v) is 37.0. The summed E-state index contributed by atoms with van der Waals surface area (Å²) >= 11 is 0. The number of carbonyl (C=O) groups excluding carboxylic acids is 1. The van der Waals surface area contributed by atoms with E-state index in [0.717, 1.165) is 5.56 Å². The lowest BCUT2D eigenvalue weighted by molar-refractivity contribution is -0.215. The Bertz CT molecular complexity index is 1850. The maximum atomic E-state index is 14.7. The zero-order valence-corrected chi connectivity index (χ0v) is 48.2. The van der Waals surface area contributed by atoms with Crippen molar-refractivity contribution in [2.45, 2.75) is 175 Å². The molecule has 3 aromatic carbocycles. The van der Waals surface area contributed by atoms with Gasteiger partial charge >= 0.3 is 0 Å². The molecule has 0 spiro atoms. The number of benzene rings is 3. The molecule has 0 radical (unpaired) electrons. The first-order valence-corrected chi connectivity index (χ1v) is 32.4. The van der Waals surface area contributed by atoms with Gasteiger partial charge in [-0.05, 0) is 57.2 Å². The van der Waals surface area contributed by atoms with E-state index in [9.17, 15) is 9.90 Å². The van der Waals surface area contributed by atoms with E-state index in [1.54, 1.807) is 14.2 Å². The smallest absolute Gasteiger partial charge is 0.261 e. The van der Waals surface area contributed by atoms with Crippen molar-refractivity contribution < 1.29 is 42.1 Å². The molecule has 3 rings (SSSR count). The second-order valence-electron chi connectivity index (χ2n) is 23.2. The van der Waals surface area contributed by atoms with Crippen LogP contribution in [0.3, 0.4) is 0 Å². The molecule has 12 heteroatoms. The molecule has 0 unspecified atom stereocenters. The van der Waals surface area contributed by atoms with Crippen LogP contribution >= 0.6 is 0 Å². The maximum Gasteiger partial charge on any atom is 0.261 e. The van der Waals surface area contributed by atoms with E-state index in [-0.39, 0.29) is 52.1 Å². The summed E-state index contributed by atoms with van der Waals surface area (Å²) in [6.45, 7) is 38.5. The highest BCUT2D eigenvalue weighted by Gasteiger charge is 2.53. The van der Waals surface area contributed by atoms with Gasteiger partial charge in [0.25, 0.3) is 8.32 Å². The number of ketones is 1. The lowest BCUT2D eigenvalue weighted by Gasteiger charge is -2.47. The molecule has 378 valence electrons. The number of carbonyl (C=O) groups is 1. The average molecular weight is 982 g/mol. The topological polar surface area (TPSA) is 102 Å². The molecule has 0 saturated heterocycles. The summed E-state index contributed by atoms with van der Waals surface area (Å²) in [5.74, 6) is -2.92. The lowest BCUT2D eigenvalue weighted by Crippen LogP contribution is -2.67. The highest BCUT2D eigenvalue weighted by Crippen LogP contribution is 2.44. The van der Waals surface area contributed by atoms with Crippen LogP contribution in [0.15, 0.2) is 91.0 Å². The van der Waals surface area contributed by atoms with Crippen LogP contribution in [0.2, 0.25) is 41.3 Å². The Morgan fingerprint density at radius 3 is 1.60 bits per heavy atom. The molecule has 0 bridgehead atoms. The molecule has 0 aliphatic heterocycles.